The number of nitrogens with one attached hydrogen (secondary N) is 1. The normalized spacial score (nSPS) is 11.1. The third kappa shape index (κ3) is 6.61. The highest BCUT2D eigenvalue weighted by Gasteiger charge is 2.14. The first-order valence-electron chi connectivity index (χ1n) is 11.2. The van der Waals surface area contributed by atoms with Crippen LogP contribution in [0.25, 0.3) is 0 Å². The molecule has 3 aromatic rings. The summed E-state index contributed by atoms with van der Waals surface area (Å²) in [5, 5.41) is 3.00. The molecule has 168 valence electrons. The molecule has 3 aromatic carbocycles. The predicted octanol–water partition coefficient (Wildman–Crippen LogP) is 5.93. The van der Waals surface area contributed by atoms with Crippen molar-refractivity contribution < 1.29 is 14.3 Å². The smallest absolute Gasteiger partial charge is 0.251 e. The van der Waals surface area contributed by atoms with Crippen molar-refractivity contribution in [3.05, 3.63) is 95.1 Å². The highest BCUT2D eigenvalue weighted by atomic mass is 16.5. The molecule has 0 bridgehead atoms. The first kappa shape index (κ1) is 23.4. The number of carbonyl (C=O) groups excluding carboxylic acids is 1. The number of hydrogen-bond acceptors (Lipinski definition) is 3. The quantitative estimate of drug-likeness (QED) is 0.456. The summed E-state index contributed by atoms with van der Waals surface area (Å²) in [6, 6.07) is 23.8. The average molecular weight is 432 g/mol. The van der Waals surface area contributed by atoms with Gasteiger partial charge in [-0.15, -0.1) is 0 Å². The van der Waals surface area contributed by atoms with Gasteiger partial charge in [-0.25, -0.2) is 0 Å². The second-order valence-electron chi connectivity index (χ2n) is 8.81. The Morgan fingerprint density at radius 2 is 1.62 bits per heavy atom. The lowest BCUT2D eigenvalue weighted by Gasteiger charge is -2.19. The molecule has 0 aliphatic heterocycles. The van der Waals surface area contributed by atoms with Crippen LogP contribution >= 0.6 is 0 Å². The summed E-state index contributed by atoms with van der Waals surface area (Å²) in [6.45, 7) is 9.97. The molecule has 0 aromatic heterocycles. The van der Waals surface area contributed by atoms with E-state index in [2.05, 4.69) is 50.4 Å². The van der Waals surface area contributed by atoms with Gasteiger partial charge in [-0.3, -0.25) is 4.79 Å². The Hall–Kier alpha value is -3.27. The van der Waals surface area contributed by atoms with Crippen LogP contribution in [0, 0.1) is 0 Å². The first-order valence-corrected chi connectivity index (χ1v) is 11.2. The molecule has 0 heterocycles. The Bertz CT molecular complexity index is 1010. The molecular weight excluding hydrogens is 398 g/mol. The number of benzene rings is 3. The molecule has 0 aliphatic carbocycles. The Labute approximate surface area is 191 Å². The van der Waals surface area contributed by atoms with Crippen molar-refractivity contribution in [2.45, 2.75) is 46.1 Å². The van der Waals surface area contributed by atoms with Gasteiger partial charge in [0.2, 0.25) is 0 Å². The maximum absolute atomic E-state index is 12.7. The largest absolute Gasteiger partial charge is 0.493 e. The average Bonchev–Trinajstić information content (AvgIpc) is 2.79. The minimum Gasteiger partial charge on any atom is -0.493 e. The van der Waals surface area contributed by atoms with E-state index >= 15 is 0 Å². The third-order valence-electron chi connectivity index (χ3n) is 5.28. The van der Waals surface area contributed by atoms with Crippen LogP contribution in [0.2, 0.25) is 0 Å². The van der Waals surface area contributed by atoms with Crippen LogP contribution in [0.4, 0.5) is 0 Å². The van der Waals surface area contributed by atoms with E-state index in [0.717, 1.165) is 23.5 Å². The molecule has 3 rings (SSSR count). The van der Waals surface area contributed by atoms with Crippen LogP contribution in [-0.2, 0) is 18.4 Å². The van der Waals surface area contributed by atoms with Crippen LogP contribution in [0.5, 0.6) is 11.5 Å². The molecule has 1 amide bonds. The van der Waals surface area contributed by atoms with E-state index < -0.39 is 0 Å². The van der Waals surface area contributed by atoms with E-state index in [9.17, 15) is 4.79 Å². The topological polar surface area (TPSA) is 47.6 Å². The van der Waals surface area contributed by atoms with Gasteiger partial charge >= 0.3 is 0 Å². The molecule has 1 N–H and O–H groups in total. The second-order valence-corrected chi connectivity index (χ2v) is 8.81. The van der Waals surface area contributed by atoms with E-state index in [-0.39, 0.29) is 11.3 Å². The Morgan fingerprint density at radius 1 is 0.906 bits per heavy atom. The number of hydrogen-bond donors (Lipinski definition) is 1. The molecular formula is C28H33NO3. The molecule has 0 unspecified atom stereocenters. The summed E-state index contributed by atoms with van der Waals surface area (Å²) in [7, 11) is 0. The van der Waals surface area contributed by atoms with Crippen molar-refractivity contribution >= 4 is 5.91 Å². The van der Waals surface area contributed by atoms with Crippen LogP contribution in [0.3, 0.4) is 0 Å². The van der Waals surface area contributed by atoms with E-state index in [1.807, 2.05) is 49.4 Å². The summed E-state index contributed by atoms with van der Waals surface area (Å²) < 4.78 is 11.8. The molecule has 0 saturated carbocycles. The van der Waals surface area contributed by atoms with E-state index in [0.29, 0.717) is 25.3 Å². The van der Waals surface area contributed by atoms with Gasteiger partial charge in [-0.05, 0) is 60.2 Å². The highest BCUT2D eigenvalue weighted by Crippen LogP contribution is 2.26. The lowest BCUT2D eigenvalue weighted by atomic mass is 9.87. The zero-order chi connectivity index (χ0) is 23.0. The molecule has 4 heteroatoms. The first-order chi connectivity index (χ1) is 15.4. The van der Waals surface area contributed by atoms with Gasteiger partial charge in [0.25, 0.3) is 5.91 Å². The number of rotatable bonds is 9. The molecule has 4 nitrogen and oxygen atoms in total. The summed E-state index contributed by atoms with van der Waals surface area (Å²) in [6.07, 6.45) is 0.796. The summed E-state index contributed by atoms with van der Waals surface area (Å²) >= 11 is 0. The fourth-order valence-electron chi connectivity index (χ4n) is 3.41. The zero-order valence-corrected chi connectivity index (χ0v) is 19.5. The van der Waals surface area contributed by atoms with Crippen molar-refractivity contribution in [2.24, 2.45) is 0 Å². The Balaban J connectivity index is 1.65. The van der Waals surface area contributed by atoms with Crippen LogP contribution < -0.4 is 14.8 Å². The molecule has 0 aliphatic rings. The summed E-state index contributed by atoms with van der Waals surface area (Å²) in [5.74, 6) is 1.43. The second kappa shape index (κ2) is 10.9. The molecule has 0 radical (unpaired) electrons. The van der Waals surface area contributed by atoms with Crippen molar-refractivity contribution in [2.75, 3.05) is 13.2 Å². The van der Waals surface area contributed by atoms with Gasteiger partial charge in [0.05, 0.1) is 6.61 Å². The Kier molecular flexibility index (Phi) is 7.93. The van der Waals surface area contributed by atoms with E-state index in [1.54, 1.807) is 6.07 Å². The van der Waals surface area contributed by atoms with Crippen molar-refractivity contribution in [1.29, 1.82) is 0 Å². The van der Waals surface area contributed by atoms with Crippen molar-refractivity contribution in [3.8, 4) is 11.5 Å². The van der Waals surface area contributed by atoms with Crippen molar-refractivity contribution in [1.82, 2.24) is 5.32 Å². The number of amides is 1. The van der Waals surface area contributed by atoms with Gasteiger partial charge in [-0.2, -0.15) is 0 Å². The lowest BCUT2D eigenvalue weighted by Crippen LogP contribution is -2.25. The maximum atomic E-state index is 12.7. The molecule has 32 heavy (non-hydrogen) atoms. The van der Waals surface area contributed by atoms with Gasteiger partial charge in [0.15, 0.2) is 0 Å². The predicted molar refractivity (Wildman–Crippen MR) is 130 cm³/mol. The lowest BCUT2D eigenvalue weighted by molar-refractivity contribution is 0.0954. The monoisotopic (exact) mass is 431 g/mol. The SMILES string of the molecule is CCOc1ccc(C(=O)NCCc2ccccc2)cc1COc1ccc(C(C)(C)C)cc1. The van der Waals surface area contributed by atoms with Crippen molar-refractivity contribution in [3.63, 3.8) is 0 Å². The number of ether oxygens (including phenoxy) is 2. The van der Waals surface area contributed by atoms with Gasteiger partial charge in [0.1, 0.15) is 18.1 Å². The summed E-state index contributed by atoms with van der Waals surface area (Å²) in [5.41, 5.74) is 4.01. The van der Waals surface area contributed by atoms with E-state index in [1.165, 1.54) is 11.1 Å². The maximum Gasteiger partial charge on any atom is 0.251 e. The fraction of sp³-hybridized carbons (Fsp3) is 0.321. The van der Waals surface area contributed by atoms with Gasteiger partial charge < -0.3 is 14.8 Å². The Morgan fingerprint density at radius 3 is 2.28 bits per heavy atom. The van der Waals surface area contributed by atoms with Gasteiger partial charge in [-0.1, -0.05) is 63.2 Å². The standard InChI is InChI=1S/C28H33NO3/c1-5-31-26-16-11-22(27(30)29-18-17-21-9-7-6-8-10-21)19-23(26)20-32-25-14-12-24(13-15-25)28(2,3)4/h6-16,19H,5,17-18,20H2,1-4H3,(H,29,30). The molecule has 0 fully saturated rings. The number of carbonyl (C=O) groups is 1. The fourth-order valence-corrected chi connectivity index (χ4v) is 3.41. The zero-order valence-electron chi connectivity index (χ0n) is 19.5. The molecule has 0 atom stereocenters. The molecule has 0 saturated heterocycles. The van der Waals surface area contributed by atoms with Crippen LogP contribution in [0.15, 0.2) is 72.8 Å². The highest BCUT2D eigenvalue weighted by molar-refractivity contribution is 5.94. The molecule has 0 spiro atoms. The van der Waals surface area contributed by atoms with Crippen LogP contribution in [-0.4, -0.2) is 19.1 Å². The van der Waals surface area contributed by atoms with Gasteiger partial charge in [0, 0.05) is 17.7 Å². The minimum absolute atomic E-state index is 0.0974. The van der Waals surface area contributed by atoms with E-state index in [4.69, 9.17) is 9.47 Å². The van der Waals surface area contributed by atoms with Crippen LogP contribution in [0.1, 0.15) is 54.7 Å². The summed E-state index contributed by atoms with van der Waals surface area (Å²) in [4.78, 5) is 12.7. The third-order valence-corrected chi connectivity index (χ3v) is 5.28. The minimum atomic E-state index is -0.0974.